The van der Waals surface area contributed by atoms with E-state index in [0.717, 1.165) is 6.08 Å². The molecule has 0 amide bonds. The molecule has 4 heteroatoms. The van der Waals surface area contributed by atoms with Crippen LogP contribution in [0.2, 0.25) is 0 Å². The van der Waals surface area contributed by atoms with E-state index in [4.69, 9.17) is 15.3 Å². The maximum atomic E-state index is 10.2. The van der Waals surface area contributed by atoms with Gasteiger partial charge in [0, 0.05) is 0 Å². The number of isocyanates is 1. The summed E-state index contributed by atoms with van der Waals surface area (Å²) < 4.78 is 0. The lowest BCUT2D eigenvalue weighted by Gasteiger charge is -1.92. The van der Waals surface area contributed by atoms with Gasteiger partial charge in [0.15, 0.2) is 0 Å². The number of carbonyl (C=O) groups is 1. The lowest BCUT2D eigenvalue weighted by Crippen LogP contribution is -1.98. The highest BCUT2D eigenvalue weighted by atomic mass is 16.4. The Morgan fingerprint density at radius 3 is 2.33 bits per heavy atom. The maximum absolute atomic E-state index is 10.2. The van der Waals surface area contributed by atoms with Crippen LogP contribution in [-0.4, -0.2) is 17.2 Å². The average molecular weight is 165 g/mol. The number of hydrogen-bond acceptors (Lipinski definition) is 3. The maximum Gasteiger partial charge on any atom is 0.336 e. The van der Waals surface area contributed by atoms with E-state index in [0.29, 0.717) is 5.57 Å². The van der Waals surface area contributed by atoms with Crippen molar-refractivity contribution in [2.24, 2.45) is 0 Å². The first-order valence-corrected chi connectivity index (χ1v) is 2.98. The van der Waals surface area contributed by atoms with E-state index in [1.807, 2.05) is 0 Å². The van der Waals surface area contributed by atoms with E-state index >= 15 is 0 Å². The number of rotatable bonds is 1. The predicted molar refractivity (Wildman–Crippen MR) is 42.4 cm³/mol. The number of hydrogen-bond donors (Lipinski definition) is 2. The number of carbonyl (C=O) groups excluding carboxylic acids is 1. The lowest BCUT2D eigenvalue weighted by molar-refractivity contribution is -0.132. The second-order valence-corrected chi connectivity index (χ2v) is 1.87. The molecule has 0 atom stereocenters. The Balaban J connectivity index is 0.000000354. The van der Waals surface area contributed by atoms with Crippen LogP contribution in [0.5, 0.6) is 0 Å². The molecule has 0 bridgehead atoms. The summed E-state index contributed by atoms with van der Waals surface area (Å²) in [5.41, 5.74) is 0.859. The Morgan fingerprint density at radius 1 is 1.67 bits per heavy atom. The zero-order chi connectivity index (χ0) is 9.56. The predicted octanol–water partition coefficient (Wildman–Crippen LogP) is 1.02. The fourth-order valence-corrected chi connectivity index (χ4v) is 0.666. The molecule has 0 heterocycles. The summed E-state index contributed by atoms with van der Waals surface area (Å²) in [6, 6.07) is 0. The summed E-state index contributed by atoms with van der Waals surface area (Å²) in [5, 5.41) is 13.8. The number of nitrogens with one attached hydrogen (secondary N) is 1. The molecule has 0 saturated heterocycles. The summed E-state index contributed by atoms with van der Waals surface area (Å²) >= 11 is 0. The number of allylic oxidation sites excluding steroid dienone is 3. The Bertz CT molecular complexity index is 293. The molecule has 12 heavy (non-hydrogen) atoms. The van der Waals surface area contributed by atoms with Crippen molar-refractivity contribution < 1.29 is 14.7 Å². The van der Waals surface area contributed by atoms with E-state index in [2.05, 4.69) is 6.58 Å². The van der Waals surface area contributed by atoms with Gasteiger partial charge in [-0.2, -0.15) is 0 Å². The molecule has 0 aromatic carbocycles. The van der Waals surface area contributed by atoms with E-state index in [1.54, 1.807) is 12.2 Å². The molecule has 0 saturated carbocycles. The van der Waals surface area contributed by atoms with Gasteiger partial charge in [-0.1, -0.05) is 18.7 Å². The van der Waals surface area contributed by atoms with E-state index < -0.39 is 5.97 Å². The van der Waals surface area contributed by atoms with Crippen LogP contribution < -0.4 is 0 Å². The third-order valence-electron chi connectivity index (χ3n) is 1.14. The molecule has 1 aliphatic carbocycles. The van der Waals surface area contributed by atoms with Crippen LogP contribution in [0.25, 0.3) is 0 Å². The summed E-state index contributed by atoms with van der Waals surface area (Å²) in [5.74, 6) is -0.912. The van der Waals surface area contributed by atoms with Crippen molar-refractivity contribution in [1.82, 2.24) is 0 Å². The summed E-state index contributed by atoms with van der Waals surface area (Å²) in [6.07, 6.45) is 5.62. The first kappa shape index (κ1) is 10.1. The van der Waals surface area contributed by atoms with Crippen LogP contribution in [0.15, 0.2) is 36.0 Å². The Labute approximate surface area is 69.0 Å². The van der Waals surface area contributed by atoms with Crippen molar-refractivity contribution in [1.29, 1.82) is 5.41 Å². The number of carboxylic acid groups (broad SMARTS) is 1. The smallest absolute Gasteiger partial charge is 0.336 e. The quantitative estimate of drug-likeness (QED) is 0.449. The minimum atomic E-state index is -0.912. The zero-order valence-electron chi connectivity index (χ0n) is 6.20. The highest BCUT2D eigenvalue weighted by molar-refractivity contribution is 5.94. The second kappa shape index (κ2) is 4.82. The SMILES string of the molecule is C=C1C=CC=C1C(=O)O.N=C=O. The van der Waals surface area contributed by atoms with Crippen molar-refractivity contribution in [3.8, 4) is 0 Å². The van der Waals surface area contributed by atoms with Crippen molar-refractivity contribution in [2.75, 3.05) is 0 Å². The van der Waals surface area contributed by atoms with Gasteiger partial charge < -0.3 is 5.11 Å². The van der Waals surface area contributed by atoms with Crippen molar-refractivity contribution >= 4 is 12.0 Å². The minimum Gasteiger partial charge on any atom is -0.478 e. The minimum absolute atomic E-state index is 0.287. The standard InChI is InChI=1S/C7H6O2.CHNO/c1-5-3-2-4-6(5)7(8)9;2-1-3/h2-4H,1H2,(H,8,9);2H. The third kappa shape index (κ3) is 2.77. The van der Waals surface area contributed by atoms with E-state index in [1.165, 1.54) is 6.08 Å². The van der Waals surface area contributed by atoms with Gasteiger partial charge in [-0.25, -0.2) is 15.0 Å². The second-order valence-electron chi connectivity index (χ2n) is 1.87. The normalized spacial score (nSPS) is 12.7. The van der Waals surface area contributed by atoms with Gasteiger partial charge in [0.1, 0.15) is 0 Å². The fraction of sp³-hybridized carbons (Fsp3) is 0. The molecule has 1 aliphatic rings. The van der Waals surface area contributed by atoms with Crippen molar-refractivity contribution in [3.05, 3.63) is 36.0 Å². The molecule has 0 unspecified atom stereocenters. The highest BCUT2D eigenvalue weighted by Crippen LogP contribution is 2.15. The van der Waals surface area contributed by atoms with Crippen LogP contribution in [-0.2, 0) is 9.59 Å². The largest absolute Gasteiger partial charge is 0.478 e. The van der Waals surface area contributed by atoms with Crippen LogP contribution in [0.1, 0.15) is 0 Å². The molecular formula is C8H7NO3. The first-order valence-electron chi connectivity index (χ1n) is 2.98. The van der Waals surface area contributed by atoms with Crippen molar-refractivity contribution in [2.45, 2.75) is 0 Å². The topological polar surface area (TPSA) is 78.2 Å². The monoisotopic (exact) mass is 165 g/mol. The Kier molecular flexibility index (Phi) is 4.04. The van der Waals surface area contributed by atoms with Crippen molar-refractivity contribution in [3.63, 3.8) is 0 Å². The molecule has 0 aromatic rings. The molecule has 0 aliphatic heterocycles. The summed E-state index contributed by atoms with van der Waals surface area (Å²) in [4.78, 5) is 18.6. The van der Waals surface area contributed by atoms with Gasteiger partial charge in [0.2, 0.25) is 6.08 Å². The first-order chi connectivity index (χ1) is 5.63. The lowest BCUT2D eigenvalue weighted by atomic mass is 10.2. The molecule has 62 valence electrons. The Hall–Kier alpha value is -1.93. The highest BCUT2D eigenvalue weighted by Gasteiger charge is 2.10. The fourth-order valence-electron chi connectivity index (χ4n) is 0.666. The van der Waals surface area contributed by atoms with Gasteiger partial charge in [-0.05, 0) is 11.6 Å². The average Bonchev–Trinajstić information content (AvgIpc) is 2.36. The number of carboxylic acids is 1. The molecule has 0 fully saturated rings. The third-order valence-corrected chi connectivity index (χ3v) is 1.14. The molecule has 0 spiro atoms. The molecular weight excluding hydrogens is 158 g/mol. The van der Waals surface area contributed by atoms with Crippen LogP contribution >= 0.6 is 0 Å². The molecule has 1 rings (SSSR count). The van der Waals surface area contributed by atoms with Gasteiger partial charge in [0.25, 0.3) is 0 Å². The van der Waals surface area contributed by atoms with Crippen LogP contribution in [0, 0.1) is 5.41 Å². The summed E-state index contributed by atoms with van der Waals surface area (Å²) in [7, 11) is 0. The summed E-state index contributed by atoms with van der Waals surface area (Å²) in [6.45, 7) is 3.52. The van der Waals surface area contributed by atoms with Crippen LogP contribution in [0.4, 0.5) is 0 Å². The number of aliphatic carboxylic acids is 1. The van der Waals surface area contributed by atoms with Gasteiger partial charge in [-0.3, -0.25) is 0 Å². The van der Waals surface area contributed by atoms with Crippen LogP contribution in [0.3, 0.4) is 0 Å². The van der Waals surface area contributed by atoms with Gasteiger partial charge in [-0.15, -0.1) is 0 Å². The molecule has 0 aromatic heterocycles. The van der Waals surface area contributed by atoms with Gasteiger partial charge in [0.05, 0.1) is 5.57 Å². The molecule has 2 N–H and O–H groups in total. The van der Waals surface area contributed by atoms with Gasteiger partial charge >= 0.3 is 5.97 Å². The molecule has 0 radical (unpaired) electrons. The van der Waals surface area contributed by atoms with E-state index in [-0.39, 0.29) is 5.57 Å². The molecule has 4 nitrogen and oxygen atoms in total. The zero-order valence-corrected chi connectivity index (χ0v) is 6.20. The Morgan fingerprint density at radius 2 is 2.17 bits per heavy atom. The van der Waals surface area contributed by atoms with E-state index in [9.17, 15) is 4.79 Å².